The van der Waals surface area contributed by atoms with Crippen LogP contribution in [0.5, 0.6) is 0 Å². The van der Waals surface area contributed by atoms with Gasteiger partial charge in [0.05, 0.1) is 10.4 Å². The van der Waals surface area contributed by atoms with E-state index in [1.807, 2.05) is 19.1 Å². The van der Waals surface area contributed by atoms with E-state index in [2.05, 4.69) is 10.5 Å². The molecule has 2 heterocycles. The molecular weight excluding hydrogens is 260 g/mol. The molecule has 0 aromatic carbocycles. The topological polar surface area (TPSA) is 55.1 Å². The maximum atomic E-state index is 11.8. The molecule has 0 aliphatic carbocycles. The fraction of sp³-hybridized carbons (Fsp3) is 0.273. The van der Waals surface area contributed by atoms with Crippen LogP contribution in [0.25, 0.3) is 0 Å². The quantitative estimate of drug-likeness (QED) is 0.932. The second kappa shape index (κ2) is 4.89. The van der Waals surface area contributed by atoms with Crippen molar-refractivity contribution in [3.63, 3.8) is 0 Å². The Morgan fingerprint density at radius 2 is 2.35 bits per heavy atom. The molecule has 0 fully saturated rings. The van der Waals surface area contributed by atoms with Crippen LogP contribution in [0.2, 0.25) is 4.34 Å². The minimum Gasteiger partial charge on any atom is -0.361 e. The summed E-state index contributed by atoms with van der Waals surface area (Å²) in [6.45, 7) is 3.64. The third kappa shape index (κ3) is 2.87. The number of aromatic nitrogens is 1. The van der Waals surface area contributed by atoms with Crippen molar-refractivity contribution in [2.45, 2.75) is 19.9 Å². The molecular formula is C11H11ClN2O2S. The lowest BCUT2D eigenvalue weighted by Gasteiger charge is -2.10. The van der Waals surface area contributed by atoms with E-state index in [1.54, 1.807) is 13.0 Å². The van der Waals surface area contributed by atoms with Crippen LogP contribution in [0.15, 0.2) is 22.7 Å². The van der Waals surface area contributed by atoms with Crippen molar-refractivity contribution >= 4 is 28.8 Å². The van der Waals surface area contributed by atoms with E-state index in [9.17, 15) is 4.79 Å². The Kier molecular flexibility index (Phi) is 3.49. The normalized spacial score (nSPS) is 12.4. The SMILES string of the molecule is Cc1cc(C(=O)N[C@H](C)c2ccc(Cl)s2)no1. The van der Waals surface area contributed by atoms with Crippen LogP contribution in [0.4, 0.5) is 0 Å². The van der Waals surface area contributed by atoms with Crippen LogP contribution in [0.3, 0.4) is 0 Å². The molecule has 0 aliphatic heterocycles. The molecule has 0 spiro atoms. The van der Waals surface area contributed by atoms with Gasteiger partial charge < -0.3 is 9.84 Å². The first-order valence-electron chi connectivity index (χ1n) is 5.05. The number of halogens is 1. The van der Waals surface area contributed by atoms with Crippen molar-refractivity contribution in [3.8, 4) is 0 Å². The molecule has 0 unspecified atom stereocenters. The number of nitrogens with zero attached hydrogens (tertiary/aromatic N) is 1. The number of amides is 1. The van der Waals surface area contributed by atoms with Crippen molar-refractivity contribution in [1.29, 1.82) is 0 Å². The fourth-order valence-corrected chi connectivity index (χ4v) is 2.44. The van der Waals surface area contributed by atoms with Gasteiger partial charge >= 0.3 is 0 Å². The van der Waals surface area contributed by atoms with Gasteiger partial charge in [-0.1, -0.05) is 16.8 Å². The minimum absolute atomic E-state index is 0.1000. The summed E-state index contributed by atoms with van der Waals surface area (Å²) in [5.74, 6) is 0.362. The van der Waals surface area contributed by atoms with Crippen LogP contribution in [-0.2, 0) is 0 Å². The zero-order valence-corrected chi connectivity index (χ0v) is 10.9. The Bertz CT molecular complexity index is 535. The van der Waals surface area contributed by atoms with Crippen molar-refractivity contribution in [2.24, 2.45) is 0 Å². The zero-order valence-electron chi connectivity index (χ0n) is 9.36. The van der Waals surface area contributed by atoms with Crippen LogP contribution in [0, 0.1) is 6.92 Å². The van der Waals surface area contributed by atoms with Gasteiger partial charge in [0.25, 0.3) is 5.91 Å². The van der Waals surface area contributed by atoms with Gasteiger partial charge in [-0.2, -0.15) is 0 Å². The maximum absolute atomic E-state index is 11.8. The largest absolute Gasteiger partial charge is 0.361 e. The molecule has 17 heavy (non-hydrogen) atoms. The van der Waals surface area contributed by atoms with Gasteiger partial charge in [0.2, 0.25) is 0 Å². The smallest absolute Gasteiger partial charge is 0.273 e. The number of hydrogen-bond donors (Lipinski definition) is 1. The number of thiophene rings is 1. The molecule has 2 rings (SSSR count). The average molecular weight is 271 g/mol. The van der Waals surface area contributed by atoms with Crippen molar-refractivity contribution in [3.05, 3.63) is 38.9 Å². The highest BCUT2D eigenvalue weighted by molar-refractivity contribution is 7.16. The highest BCUT2D eigenvalue weighted by atomic mass is 35.5. The highest BCUT2D eigenvalue weighted by Crippen LogP contribution is 2.26. The Labute approximate surface area is 108 Å². The van der Waals surface area contributed by atoms with Crippen LogP contribution in [0.1, 0.15) is 34.1 Å². The molecule has 0 radical (unpaired) electrons. The summed E-state index contributed by atoms with van der Waals surface area (Å²) in [6.07, 6.45) is 0. The number of aryl methyl sites for hydroxylation is 1. The van der Waals surface area contributed by atoms with E-state index < -0.39 is 0 Å². The summed E-state index contributed by atoms with van der Waals surface area (Å²) in [5.41, 5.74) is 0.289. The predicted octanol–water partition coefficient (Wildman–Crippen LogP) is 3.19. The Hall–Kier alpha value is -1.33. The van der Waals surface area contributed by atoms with Gasteiger partial charge in [-0.05, 0) is 26.0 Å². The average Bonchev–Trinajstić information content (AvgIpc) is 2.87. The maximum Gasteiger partial charge on any atom is 0.273 e. The summed E-state index contributed by atoms with van der Waals surface area (Å²) in [6, 6.07) is 5.21. The second-order valence-electron chi connectivity index (χ2n) is 3.66. The number of rotatable bonds is 3. The molecule has 2 aromatic heterocycles. The number of nitrogens with one attached hydrogen (secondary N) is 1. The van der Waals surface area contributed by atoms with E-state index in [-0.39, 0.29) is 17.6 Å². The molecule has 1 atom stereocenters. The number of carbonyl (C=O) groups excluding carboxylic acids is 1. The lowest BCUT2D eigenvalue weighted by Crippen LogP contribution is -2.26. The summed E-state index contributed by atoms with van der Waals surface area (Å²) in [4.78, 5) is 12.8. The second-order valence-corrected chi connectivity index (χ2v) is 5.41. The lowest BCUT2D eigenvalue weighted by molar-refractivity contribution is 0.0931. The molecule has 0 saturated heterocycles. The van der Waals surface area contributed by atoms with Crippen molar-refractivity contribution in [1.82, 2.24) is 10.5 Å². The van der Waals surface area contributed by atoms with Crippen molar-refractivity contribution in [2.75, 3.05) is 0 Å². The van der Waals surface area contributed by atoms with E-state index >= 15 is 0 Å². The Morgan fingerprint density at radius 3 is 2.88 bits per heavy atom. The number of hydrogen-bond acceptors (Lipinski definition) is 4. The molecule has 0 saturated carbocycles. The van der Waals surface area contributed by atoms with Gasteiger partial charge in [0, 0.05) is 10.9 Å². The third-order valence-corrected chi connectivity index (χ3v) is 3.64. The van der Waals surface area contributed by atoms with E-state index in [4.69, 9.17) is 16.1 Å². The standard InChI is InChI=1S/C11H11ClN2O2S/c1-6-5-8(14-16-6)11(15)13-7(2)9-3-4-10(12)17-9/h3-5,7H,1-2H3,(H,13,15)/t7-/m1/s1. The predicted molar refractivity (Wildman–Crippen MR) is 66.5 cm³/mol. The molecule has 4 nitrogen and oxygen atoms in total. The van der Waals surface area contributed by atoms with Gasteiger partial charge in [-0.3, -0.25) is 4.79 Å². The summed E-state index contributed by atoms with van der Waals surface area (Å²) in [7, 11) is 0. The highest BCUT2D eigenvalue weighted by Gasteiger charge is 2.15. The van der Waals surface area contributed by atoms with Gasteiger partial charge in [0.1, 0.15) is 5.76 Å². The molecule has 0 bridgehead atoms. The first-order valence-corrected chi connectivity index (χ1v) is 6.25. The Balaban J connectivity index is 2.04. The summed E-state index contributed by atoms with van der Waals surface area (Å²) >= 11 is 7.28. The zero-order chi connectivity index (χ0) is 12.4. The molecule has 6 heteroatoms. The summed E-state index contributed by atoms with van der Waals surface area (Å²) in [5, 5.41) is 6.49. The molecule has 2 aromatic rings. The third-order valence-electron chi connectivity index (χ3n) is 2.23. The van der Waals surface area contributed by atoms with Crippen LogP contribution >= 0.6 is 22.9 Å². The molecule has 0 aliphatic rings. The lowest BCUT2D eigenvalue weighted by atomic mass is 10.2. The van der Waals surface area contributed by atoms with Gasteiger partial charge in [-0.15, -0.1) is 11.3 Å². The van der Waals surface area contributed by atoms with Crippen LogP contribution in [-0.4, -0.2) is 11.1 Å². The van der Waals surface area contributed by atoms with Gasteiger partial charge in [0.15, 0.2) is 5.69 Å². The molecule has 90 valence electrons. The monoisotopic (exact) mass is 270 g/mol. The van der Waals surface area contributed by atoms with E-state index in [1.165, 1.54) is 11.3 Å². The van der Waals surface area contributed by atoms with E-state index in [0.717, 1.165) is 4.88 Å². The minimum atomic E-state index is -0.251. The molecule has 1 N–H and O–H groups in total. The first-order chi connectivity index (χ1) is 8.06. The Morgan fingerprint density at radius 1 is 1.59 bits per heavy atom. The van der Waals surface area contributed by atoms with Gasteiger partial charge in [-0.25, -0.2) is 0 Å². The first kappa shape index (κ1) is 12.1. The summed E-state index contributed by atoms with van der Waals surface area (Å²) < 4.78 is 5.55. The molecule has 1 amide bonds. The van der Waals surface area contributed by atoms with Crippen LogP contribution < -0.4 is 5.32 Å². The number of carbonyl (C=O) groups is 1. The fourth-order valence-electron chi connectivity index (χ4n) is 1.38. The van der Waals surface area contributed by atoms with E-state index in [0.29, 0.717) is 10.1 Å². The van der Waals surface area contributed by atoms with Crippen molar-refractivity contribution < 1.29 is 9.32 Å².